The van der Waals surface area contributed by atoms with Crippen molar-refractivity contribution in [3.05, 3.63) is 83.1 Å². The summed E-state index contributed by atoms with van der Waals surface area (Å²) in [5, 5.41) is 3.27. The number of likely N-dealkylation sites (N-methyl/N-ethyl adjacent to an activating group) is 1. The fourth-order valence-corrected chi connectivity index (χ4v) is 2.50. The summed E-state index contributed by atoms with van der Waals surface area (Å²) >= 11 is 0. The third kappa shape index (κ3) is 4.36. The molecule has 0 saturated heterocycles. The van der Waals surface area contributed by atoms with Crippen LogP contribution < -0.4 is 5.32 Å². The summed E-state index contributed by atoms with van der Waals surface area (Å²) in [5.74, 6) is 0. The third-order valence-corrected chi connectivity index (χ3v) is 3.71. The van der Waals surface area contributed by atoms with E-state index in [0.717, 1.165) is 18.5 Å². The van der Waals surface area contributed by atoms with E-state index in [2.05, 4.69) is 86.0 Å². The molecule has 0 heterocycles. The fraction of sp³-hybridized carbons (Fsp3) is 0.238. The van der Waals surface area contributed by atoms with Gasteiger partial charge in [-0.15, -0.1) is 0 Å². The monoisotopic (exact) mass is 291 g/mol. The summed E-state index contributed by atoms with van der Waals surface area (Å²) in [4.78, 5) is 0. The van der Waals surface area contributed by atoms with Crippen LogP contribution in [0, 0.1) is 0 Å². The van der Waals surface area contributed by atoms with Crippen molar-refractivity contribution >= 4 is 11.6 Å². The van der Waals surface area contributed by atoms with Gasteiger partial charge in [0.2, 0.25) is 0 Å². The predicted octanol–water partition coefficient (Wildman–Crippen LogP) is 5.50. The van der Waals surface area contributed by atoms with E-state index in [4.69, 9.17) is 0 Å². The zero-order valence-corrected chi connectivity index (χ0v) is 13.8. The molecule has 0 unspecified atom stereocenters. The second-order valence-corrected chi connectivity index (χ2v) is 5.45. The summed E-state index contributed by atoms with van der Waals surface area (Å²) in [5.41, 5.74) is 6.37. The highest BCUT2D eigenvalue weighted by molar-refractivity contribution is 5.77. The van der Waals surface area contributed by atoms with Gasteiger partial charge in [0.15, 0.2) is 0 Å². The Morgan fingerprint density at radius 3 is 2.73 bits per heavy atom. The van der Waals surface area contributed by atoms with Crippen LogP contribution in [0.5, 0.6) is 0 Å². The molecular formula is C21H25N. The highest BCUT2D eigenvalue weighted by atomic mass is 14.8. The number of hydrogen-bond donors (Lipinski definition) is 1. The number of allylic oxidation sites excluding steroid dienone is 8. The largest absolute Gasteiger partial charge is 0.388 e. The van der Waals surface area contributed by atoms with Crippen molar-refractivity contribution in [2.24, 2.45) is 0 Å². The quantitative estimate of drug-likeness (QED) is 0.706. The van der Waals surface area contributed by atoms with E-state index in [9.17, 15) is 0 Å². The predicted molar refractivity (Wildman–Crippen MR) is 98.4 cm³/mol. The van der Waals surface area contributed by atoms with E-state index in [1.807, 2.05) is 7.05 Å². The maximum Gasteiger partial charge on any atom is 0.0343 e. The Kier molecular flexibility index (Phi) is 6.02. The maximum absolute atomic E-state index is 3.27. The van der Waals surface area contributed by atoms with Gasteiger partial charge in [0, 0.05) is 12.7 Å². The van der Waals surface area contributed by atoms with E-state index >= 15 is 0 Å². The van der Waals surface area contributed by atoms with Gasteiger partial charge in [-0.1, -0.05) is 67.1 Å². The Morgan fingerprint density at radius 1 is 1.14 bits per heavy atom. The molecule has 0 saturated carbocycles. The second-order valence-electron chi connectivity index (χ2n) is 5.45. The first-order valence-corrected chi connectivity index (χ1v) is 7.94. The first kappa shape index (κ1) is 16.1. The minimum atomic E-state index is 0.961. The van der Waals surface area contributed by atoms with Crippen molar-refractivity contribution in [1.29, 1.82) is 0 Å². The molecule has 1 aromatic rings. The van der Waals surface area contributed by atoms with Crippen LogP contribution in [0.15, 0.2) is 72.0 Å². The number of hydrogen-bond acceptors (Lipinski definition) is 1. The maximum atomic E-state index is 3.27. The van der Waals surface area contributed by atoms with Crippen molar-refractivity contribution in [1.82, 2.24) is 5.32 Å². The molecule has 1 aliphatic rings. The SMILES string of the molecule is CC/C=C\C=C/c1ccccc1C1=CC(NC)=CC(C)=CC1. The standard InChI is InChI=1S/C21H25N/c1-4-5-6-7-10-18-11-8-9-12-21(18)19-14-13-17(2)15-20(16-19)22-3/h5-13,15-16,22H,4,14H2,1-3H3/b6-5-,10-7-. The third-order valence-electron chi connectivity index (χ3n) is 3.71. The van der Waals surface area contributed by atoms with Gasteiger partial charge < -0.3 is 5.32 Å². The van der Waals surface area contributed by atoms with Crippen LogP contribution in [-0.4, -0.2) is 7.05 Å². The van der Waals surface area contributed by atoms with Crippen molar-refractivity contribution in [2.45, 2.75) is 26.7 Å². The average Bonchev–Trinajstić information content (AvgIpc) is 2.73. The molecule has 1 nitrogen and oxygen atoms in total. The van der Waals surface area contributed by atoms with Crippen LogP contribution in [0.2, 0.25) is 0 Å². The molecule has 0 atom stereocenters. The fourth-order valence-electron chi connectivity index (χ4n) is 2.50. The highest BCUT2D eigenvalue weighted by Crippen LogP contribution is 2.27. The van der Waals surface area contributed by atoms with E-state index < -0.39 is 0 Å². The molecule has 0 spiro atoms. The zero-order valence-electron chi connectivity index (χ0n) is 13.8. The van der Waals surface area contributed by atoms with Crippen molar-refractivity contribution in [2.75, 3.05) is 7.05 Å². The average molecular weight is 291 g/mol. The lowest BCUT2D eigenvalue weighted by atomic mass is 9.96. The number of rotatable bonds is 5. The van der Waals surface area contributed by atoms with Gasteiger partial charge in [-0.05, 0) is 48.6 Å². The molecule has 1 heteroatoms. The van der Waals surface area contributed by atoms with E-state index in [1.54, 1.807) is 0 Å². The Balaban J connectivity index is 2.36. The summed E-state index contributed by atoms with van der Waals surface area (Å²) in [6.45, 7) is 4.30. The Labute approximate surface area is 134 Å². The molecule has 0 aliphatic heterocycles. The lowest BCUT2D eigenvalue weighted by molar-refractivity contribution is 1.03. The zero-order chi connectivity index (χ0) is 15.8. The lowest BCUT2D eigenvalue weighted by Gasteiger charge is -2.10. The molecule has 0 amide bonds. The summed E-state index contributed by atoms with van der Waals surface area (Å²) in [6, 6.07) is 8.59. The number of nitrogens with one attached hydrogen (secondary N) is 1. The first-order chi connectivity index (χ1) is 10.7. The van der Waals surface area contributed by atoms with E-state index in [0.29, 0.717) is 0 Å². The molecule has 22 heavy (non-hydrogen) atoms. The number of benzene rings is 1. The van der Waals surface area contributed by atoms with Gasteiger partial charge in [-0.25, -0.2) is 0 Å². The van der Waals surface area contributed by atoms with Gasteiger partial charge in [-0.2, -0.15) is 0 Å². The summed E-state index contributed by atoms with van der Waals surface area (Å²) < 4.78 is 0. The summed E-state index contributed by atoms with van der Waals surface area (Å²) in [7, 11) is 1.97. The molecule has 1 N–H and O–H groups in total. The molecule has 114 valence electrons. The normalized spacial score (nSPS) is 15.5. The minimum absolute atomic E-state index is 0.961. The Bertz CT molecular complexity index is 654. The molecule has 0 radical (unpaired) electrons. The van der Waals surface area contributed by atoms with Crippen LogP contribution in [0.4, 0.5) is 0 Å². The van der Waals surface area contributed by atoms with Crippen LogP contribution in [0.1, 0.15) is 37.8 Å². The Morgan fingerprint density at radius 2 is 1.95 bits per heavy atom. The minimum Gasteiger partial charge on any atom is -0.388 e. The van der Waals surface area contributed by atoms with Gasteiger partial charge >= 0.3 is 0 Å². The van der Waals surface area contributed by atoms with Gasteiger partial charge in [-0.3, -0.25) is 0 Å². The smallest absolute Gasteiger partial charge is 0.0343 e. The highest BCUT2D eigenvalue weighted by Gasteiger charge is 2.08. The first-order valence-electron chi connectivity index (χ1n) is 7.94. The van der Waals surface area contributed by atoms with Crippen molar-refractivity contribution in [3.8, 4) is 0 Å². The molecule has 1 aromatic carbocycles. The molecule has 0 bridgehead atoms. The Hall–Kier alpha value is -2.28. The van der Waals surface area contributed by atoms with Gasteiger partial charge in [0.25, 0.3) is 0 Å². The van der Waals surface area contributed by atoms with Crippen LogP contribution >= 0.6 is 0 Å². The molecular weight excluding hydrogens is 266 g/mol. The summed E-state index contributed by atoms with van der Waals surface area (Å²) in [6.07, 6.45) is 17.3. The van der Waals surface area contributed by atoms with Crippen molar-refractivity contribution in [3.63, 3.8) is 0 Å². The lowest BCUT2D eigenvalue weighted by Crippen LogP contribution is -2.03. The van der Waals surface area contributed by atoms with E-state index in [1.165, 1.54) is 22.3 Å². The van der Waals surface area contributed by atoms with E-state index in [-0.39, 0.29) is 0 Å². The molecule has 0 aromatic heterocycles. The van der Waals surface area contributed by atoms with Crippen LogP contribution in [-0.2, 0) is 0 Å². The van der Waals surface area contributed by atoms with Crippen LogP contribution in [0.3, 0.4) is 0 Å². The second kappa shape index (κ2) is 8.23. The van der Waals surface area contributed by atoms with Crippen molar-refractivity contribution < 1.29 is 0 Å². The molecule has 0 fully saturated rings. The van der Waals surface area contributed by atoms with Crippen LogP contribution in [0.25, 0.3) is 11.6 Å². The molecule has 2 rings (SSSR count). The van der Waals surface area contributed by atoms with Gasteiger partial charge in [0.05, 0.1) is 0 Å². The topological polar surface area (TPSA) is 12.0 Å². The molecule has 1 aliphatic carbocycles. The van der Waals surface area contributed by atoms with Gasteiger partial charge in [0.1, 0.15) is 0 Å².